The van der Waals surface area contributed by atoms with E-state index in [2.05, 4.69) is 4.98 Å². The van der Waals surface area contributed by atoms with Gasteiger partial charge in [0.25, 0.3) is 5.56 Å². The van der Waals surface area contributed by atoms with Crippen LogP contribution in [0.25, 0.3) is 0 Å². The summed E-state index contributed by atoms with van der Waals surface area (Å²) in [6.07, 6.45) is -7.88. The fourth-order valence-corrected chi connectivity index (χ4v) is 1.88. The second-order valence-corrected chi connectivity index (χ2v) is 4.89. The van der Waals surface area contributed by atoms with Crippen LogP contribution in [0.1, 0.15) is 11.1 Å². The smallest absolute Gasteiger partial charge is 0.325 e. The van der Waals surface area contributed by atoms with Gasteiger partial charge in [-0.1, -0.05) is 0 Å². The predicted molar refractivity (Wildman–Crippen MR) is 73.6 cm³/mol. The van der Waals surface area contributed by atoms with Gasteiger partial charge < -0.3 is 5.32 Å². The van der Waals surface area contributed by atoms with Crippen LogP contribution in [-0.4, -0.2) is 15.5 Å². The number of carbonyl (C=O) groups excluding carboxylic acids is 1. The maximum Gasteiger partial charge on any atom is 0.416 e. The van der Waals surface area contributed by atoms with Gasteiger partial charge in [-0.3, -0.25) is 14.2 Å². The minimum atomic E-state index is -5.03. The Hall–Kier alpha value is -2.85. The summed E-state index contributed by atoms with van der Waals surface area (Å²) in [7, 11) is 0. The van der Waals surface area contributed by atoms with Crippen molar-refractivity contribution in [2.75, 3.05) is 5.32 Å². The van der Waals surface area contributed by atoms with E-state index in [1.54, 1.807) is 0 Å². The molecule has 0 bridgehead atoms. The maximum atomic E-state index is 12.7. The van der Waals surface area contributed by atoms with Crippen molar-refractivity contribution in [1.82, 2.24) is 9.55 Å². The highest BCUT2D eigenvalue weighted by Crippen LogP contribution is 2.37. The van der Waals surface area contributed by atoms with E-state index in [1.165, 1.54) is 6.20 Å². The van der Waals surface area contributed by atoms with E-state index >= 15 is 0 Å². The van der Waals surface area contributed by atoms with E-state index in [0.29, 0.717) is 12.1 Å². The van der Waals surface area contributed by atoms with Crippen LogP contribution >= 0.6 is 0 Å². The normalized spacial score (nSPS) is 12.1. The molecule has 0 aliphatic rings. The number of halogens is 6. The highest BCUT2D eigenvalue weighted by molar-refractivity contribution is 5.90. The van der Waals surface area contributed by atoms with Gasteiger partial charge in [-0.05, 0) is 18.2 Å². The third-order valence-electron chi connectivity index (χ3n) is 2.98. The summed E-state index contributed by atoms with van der Waals surface area (Å²) in [6.45, 7) is -0.621. The number of alkyl halides is 6. The van der Waals surface area contributed by atoms with Crippen molar-refractivity contribution in [2.45, 2.75) is 18.9 Å². The standard InChI is InChI=1S/C14H9F6N3O2/c15-13(16,17)8-3-9(14(18,19)20)5-10(4-8)22-11(24)6-23-7-21-2-1-12(23)25/h1-5,7H,6H2,(H,22,24). The largest absolute Gasteiger partial charge is 0.416 e. The molecule has 1 N–H and O–H groups in total. The highest BCUT2D eigenvalue weighted by atomic mass is 19.4. The molecular formula is C14H9F6N3O2. The molecule has 11 heteroatoms. The minimum absolute atomic E-state index is 0.0543. The second kappa shape index (κ2) is 6.57. The van der Waals surface area contributed by atoms with Crippen LogP contribution in [0.5, 0.6) is 0 Å². The zero-order valence-corrected chi connectivity index (χ0v) is 12.1. The number of amides is 1. The molecule has 2 aromatic rings. The van der Waals surface area contributed by atoms with Gasteiger partial charge in [0.2, 0.25) is 5.91 Å². The van der Waals surface area contributed by atoms with Crippen molar-refractivity contribution in [1.29, 1.82) is 0 Å². The molecule has 1 aromatic heterocycles. The third kappa shape index (κ3) is 4.81. The lowest BCUT2D eigenvalue weighted by Gasteiger charge is -2.15. The molecule has 0 atom stereocenters. The molecule has 1 heterocycles. The zero-order valence-electron chi connectivity index (χ0n) is 12.1. The number of rotatable bonds is 3. The van der Waals surface area contributed by atoms with Crippen molar-refractivity contribution in [3.05, 3.63) is 58.3 Å². The van der Waals surface area contributed by atoms with Crippen molar-refractivity contribution in [3.63, 3.8) is 0 Å². The van der Waals surface area contributed by atoms with E-state index in [9.17, 15) is 35.9 Å². The van der Waals surface area contributed by atoms with Crippen molar-refractivity contribution in [3.8, 4) is 0 Å². The van der Waals surface area contributed by atoms with Crippen LogP contribution in [0.3, 0.4) is 0 Å². The molecule has 0 spiro atoms. The van der Waals surface area contributed by atoms with Crippen LogP contribution in [0.15, 0.2) is 41.6 Å². The molecule has 1 amide bonds. The Bertz CT molecular complexity index is 809. The fourth-order valence-electron chi connectivity index (χ4n) is 1.88. The first-order valence-electron chi connectivity index (χ1n) is 6.56. The molecule has 1 aromatic carbocycles. The maximum absolute atomic E-state index is 12.7. The Morgan fingerprint density at radius 3 is 2.08 bits per heavy atom. The van der Waals surface area contributed by atoms with Crippen molar-refractivity contribution < 1.29 is 31.1 Å². The monoisotopic (exact) mass is 365 g/mol. The van der Waals surface area contributed by atoms with Crippen LogP contribution in [0.4, 0.5) is 32.0 Å². The predicted octanol–water partition coefficient (Wildman–Crippen LogP) is 2.92. The van der Waals surface area contributed by atoms with Crippen LogP contribution in [-0.2, 0) is 23.7 Å². The van der Waals surface area contributed by atoms with E-state index < -0.39 is 47.2 Å². The summed E-state index contributed by atoms with van der Waals surface area (Å²) in [6, 6.07) is 1.74. The Balaban J connectivity index is 2.30. The Morgan fingerprint density at radius 1 is 1.04 bits per heavy atom. The molecule has 0 saturated heterocycles. The summed E-state index contributed by atoms with van der Waals surface area (Å²) in [5, 5.41) is 1.92. The fraction of sp³-hybridized carbons (Fsp3) is 0.214. The minimum Gasteiger partial charge on any atom is -0.325 e. The molecule has 0 radical (unpaired) electrons. The number of anilines is 1. The molecule has 0 saturated carbocycles. The number of hydrogen-bond acceptors (Lipinski definition) is 3. The lowest BCUT2D eigenvalue weighted by atomic mass is 10.1. The van der Waals surface area contributed by atoms with Gasteiger partial charge in [-0.2, -0.15) is 26.3 Å². The SMILES string of the molecule is O=C(Cn1cnccc1=O)Nc1cc(C(F)(F)F)cc(C(F)(F)F)c1. The summed E-state index contributed by atoms with van der Waals surface area (Å²) in [5.41, 5.74) is -4.42. The molecule has 0 aliphatic heterocycles. The van der Waals surface area contributed by atoms with Crippen molar-refractivity contribution >= 4 is 11.6 Å². The number of benzene rings is 1. The van der Waals surface area contributed by atoms with E-state index in [0.717, 1.165) is 17.0 Å². The zero-order chi connectivity index (χ0) is 18.8. The quantitative estimate of drug-likeness (QED) is 0.851. The Morgan fingerprint density at radius 2 is 1.60 bits per heavy atom. The van der Waals surface area contributed by atoms with Gasteiger partial charge in [-0.25, -0.2) is 4.98 Å². The molecule has 0 fully saturated rings. The molecule has 134 valence electrons. The molecule has 5 nitrogen and oxygen atoms in total. The van der Waals surface area contributed by atoms with E-state index in [-0.39, 0.29) is 6.07 Å². The Labute approximate surface area is 135 Å². The summed E-state index contributed by atoms with van der Waals surface area (Å²) < 4.78 is 77.3. The molecule has 0 unspecified atom stereocenters. The Kier molecular flexibility index (Phi) is 4.86. The topological polar surface area (TPSA) is 64.0 Å². The van der Waals surface area contributed by atoms with Crippen molar-refractivity contribution in [2.24, 2.45) is 0 Å². The van der Waals surface area contributed by atoms with Crippen LogP contribution < -0.4 is 10.9 Å². The summed E-state index contributed by atoms with van der Waals surface area (Å²) in [4.78, 5) is 26.8. The number of nitrogens with zero attached hydrogens (tertiary/aromatic N) is 2. The van der Waals surface area contributed by atoms with Gasteiger partial charge >= 0.3 is 12.4 Å². The number of hydrogen-bond donors (Lipinski definition) is 1. The lowest BCUT2D eigenvalue weighted by Crippen LogP contribution is -2.27. The highest BCUT2D eigenvalue weighted by Gasteiger charge is 2.37. The number of nitrogens with one attached hydrogen (secondary N) is 1. The lowest BCUT2D eigenvalue weighted by molar-refractivity contribution is -0.143. The first-order valence-corrected chi connectivity index (χ1v) is 6.56. The molecular weight excluding hydrogens is 356 g/mol. The average Bonchev–Trinajstić information content (AvgIpc) is 2.47. The number of aromatic nitrogens is 2. The van der Waals surface area contributed by atoms with Gasteiger partial charge in [0.05, 0.1) is 17.5 Å². The molecule has 0 aliphatic carbocycles. The first-order chi connectivity index (χ1) is 11.5. The van der Waals surface area contributed by atoms with E-state index in [4.69, 9.17) is 0 Å². The average molecular weight is 365 g/mol. The first kappa shape index (κ1) is 18.5. The van der Waals surface area contributed by atoms with Gasteiger partial charge in [0.15, 0.2) is 0 Å². The van der Waals surface area contributed by atoms with Crippen LogP contribution in [0.2, 0.25) is 0 Å². The van der Waals surface area contributed by atoms with Gasteiger partial charge in [0, 0.05) is 18.0 Å². The van der Waals surface area contributed by atoms with Crippen LogP contribution in [0, 0.1) is 0 Å². The molecule has 2 rings (SSSR count). The molecule has 25 heavy (non-hydrogen) atoms. The third-order valence-corrected chi connectivity index (χ3v) is 2.98. The van der Waals surface area contributed by atoms with Gasteiger partial charge in [-0.15, -0.1) is 0 Å². The number of carbonyl (C=O) groups is 1. The van der Waals surface area contributed by atoms with E-state index in [1.807, 2.05) is 5.32 Å². The second-order valence-electron chi connectivity index (χ2n) is 4.89. The van der Waals surface area contributed by atoms with Gasteiger partial charge in [0.1, 0.15) is 6.54 Å². The summed E-state index contributed by atoms with van der Waals surface area (Å²) in [5.74, 6) is -0.984. The summed E-state index contributed by atoms with van der Waals surface area (Å²) >= 11 is 0.